The molecule has 1 N–H and O–H groups in total. The lowest BCUT2D eigenvalue weighted by molar-refractivity contribution is 0.0858. The molecule has 0 saturated heterocycles. The number of unbranched alkanes of at least 4 members (excludes halogenated alkanes) is 2. The molecule has 0 bridgehead atoms. The molecular formula is C24H30ClN3O4S. The molecule has 0 spiro atoms. The van der Waals surface area contributed by atoms with Gasteiger partial charge in [0, 0.05) is 17.1 Å². The number of aryl methyl sites for hydroxylation is 1. The molecule has 0 radical (unpaired) electrons. The van der Waals surface area contributed by atoms with Crippen molar-refractivity contribution in [2.24, 2.45) is 0 Å². The van der Waals surface area contributed by atoms with Crippen LogP contribution in [0.5, 0.6) is 5.75 Å². The molecule has 3 rings (SSSR count). The van der Waals surface area contributed by atoms with Crippen LogP contribution < -0.4 is 4.74 Å². The second-order valence-electron chi connectivity index (χ2n) is 7.90. The molecular weight excluding hydrogens is 462 g/mol. The maximum Gasteiger partial charge on any atom is 0.267 e. The molecule has 1 heterocycles. The van der Waals surface area contributed by atoms with Gasteiger partial charge in [0.2, 0.25) is 0 Å². The van der Waals surface area contributed by atoms with E-state index in [4.69, 9.17) is 16.3 Å². The van der Waals surface area contributed by atoms with Crippen LogP contribution in [0.1, 0.15) is 61.3 Å². The van der Waals surface area contributed by atoms with Crippen molar-refractivity contribution in [1.82, 2.24) is 13.9 Å². The van der Waals surface area contributed by atoms with Crippen LogP contribution in [-0.4, -0.2) is 41.7 Å². The van der Waals surface area contributed by atoms with E-state index in [1.807, 2.05) is 37.5 Å². The number of hydrogen-bond acceptors (Lipinski definition) is 4. The predicted molar refractivity (Wildman–Crippen MR) is 132 cm³/mol. The van der Waals surface area contributed by atoms with Gasteiger partial charge in [-0.05, 0) is 55.7 Å². The first kappa shape index (κ1) is 25.2. The van der Waals surface area contributed by atoms with Crippen molar-refractivity contribution in [1.29, 1.82) is 0 Å². The molecule has 9 heteroatoms. The van der Waals surface area contributed by atoms with Crippen molar-refractivity contribution in [3.05, 3.63) is 58.4 Å². The molecule has 1 atom stereocenters. The lowest BCUT2D eigenvalue weighted by Gasteiger charge is -2.18. The quantitative estimate of drug-likeness (QED) is 0.278. The molecule has 0 aliphatic heterocycles. The first-order valence-corrected chi connectivity index (χ1v) is 12.6. The number of benzene rings is 2. The van der Waals surface area contributed by atoms with Gasteiger partial charge in [0.1, 0.15) is 11.6 Å². The van der Waals surface area contributed by atoms with E-state index in [2.05, 4.69) is 4.98 Å². The van der Waals surface area contributed by atoms with Crippen molar-refractivity contribution in [3.63, 3.8) is 0 Å². The molecule has 1 amide bonds. The molecule has 33 heavy (non-hydrogen) atoms. The fourth-order valence-electron chi connectivity index (χ4n) is 3.61. The summed E-state index contributed by atoms with van der Waals surface area (Å²) in [4.78, 5) is 17.6. The average molecular weight is 492 g/mol. The zero-order valence-electron chi connectivity index (χ0n) is 19.2. The van der Waals surface area contributed by atoms with Crippen LogP contribution in [-0.2, 0) is 17.8 Å². The highest BCUT2D eigenvalue weighted by molar-refractivity contribution is 7.77. The average Bonchev–Trinajstić information content (AvgIpc) is 3.10. The van der Waals surface area contributed by atoms with Crippen molar-refractivity contribution in [2.75, 3.05) is 13.2 Å². The second-order valence-corrected chi connectivity index (χ2v) is 9.20. The van der Waals surface area contributed by atoms with Gasteiger partial charge in [-0.2, -0.15) is 0 Å². The summed E-state index contributed by atoms with van der Waals surface area (Å²) in [6.45, 7) is 7.31. The summed E-state index contributed by atoms with van der Waals surface area (Å²) in [5, 5.41) is 0.592. The fourth-order valence-corrected chi connectivity index (χ4v) is 4.37. The van der Waals surface area contributed by atoms with E-state index in [1.165, 1.54) is 0 Å². The monoisotopic (exact) mass is 491 g/mol. The summed E-state index contributed by atoms with van der Waals surface area (Å²) in [5.41, 5.74) is 2.75. The molecule has 0 aliphatic rings. The van der Waals surface area contributed by atoms with Gasteiger partial charge in [0.15, 0.2) is 0 Å². The highest BCUT2D eigenvalue weighted by Gasteiger charge is 2.21. The Bertz CT molecular complexity index is 1150. The van der Waals surface area contributed by atoms with Gasteiger partial charge in [-0.25, -0.2) is 13.5 Å². The third-order valence-electron chi connectivity index (χ3n) is 5.39. The first-order chi connectivity index (χ1) is 15.8. The summed E-state index contributed by atoms with van der Waals surface area (Å²) < 4.78 is 30.1. The van der Waals surface area contributed by atoms with Crippen molar-refractivity contribution < 1.29 is 18.3 Å². The number of aromatic nitrogens is 2. The van der Waals surface area contributed by atoms with E-state index in [-0.39, 0.29) is 6.54 Å². The van der Waals surface area contributed by atoms with E-state index >= 15 is 0 Å². The van der Waals surface area contributed by atoms with Crippen LogP contribution in [0.3, 0.4) is 0 Å². The Labute approximate surface area is 202 Å². The molecule has 0 aliphatic carbocycles. The molecule has 2 aromatic carbocycles. The van der Waals surface area contributed by atoms with E-state index < -0.39 is 17.2 Å². The summed E-state index contributed by atoms with van der Waals surface area (Å²) >= 11 is 4.13. The second kappa shape index (κ2) is 11.6. The van der Waals surface area contributed by atoms with Gasteiger partial charge in [0.25, 0.3) is 17.2 Å². The smallest absolute Gasteiger partial charge is 0.267 e. The Morgan fingerprint density at radius 3 is 2.64 bits per heavy atom. The van der Waals surface area contributed by atoms with E-state index in [0.29, 0.717) is 30.2 Å². The lowest BCUT2D eigenvalue weighted by atomic mass is 10.1. The Balaban J connectivity index is 1.90. The highest BCUT2D eigenvalue weighted by Crippen LogP contribution is 2.26. The number of halogens is 1. The van der Waals surface area contributed by atoms with Crippen LogP contribution in [0.25, 0.3) is 11.0 Å². The summed E-state index contributed by atoms with van der Waals surface area (Å²) in [7, 11) is 0. The van der Waals surface area contributed by atoms with Crippen molar-refractivity contribution >= 4 is 39.8 Å². The number of carbonyl (C=O) groups excluding carboxylic acids is 1. The normalized spacial score (nSPS) is 12.2. The predicted octanol–water partition coefficient (Wildman–Crippen LogP) is 5.60. The maximum atomic E-state index is 13.0. The Kier molecular flexibility index (Phi) is 8.88. The van der Waals surface area contributed by atoms with Crippen LogP contribution in [0.15, 0.2) is 36.4 Å². The number of fused-ring (bicyclic) bond motifs is 1. The number of ether oxygens (including phenoxy) is 1. The van der Waals surface area contributed by atoms with Gasteiger partial charge in [0.05, 0.1) is 24.2 Å². The summed E-state index contributed by atoms with van der Waals surface area (Å²) in [5.74, 6) is 1.03. The minimum atomic E-state index is -2.38. The molecule has 7 nitrogen and oxygen atoms in total. The molecule has 0 saturated carbocycles. The number of amides is 1. The van der Waals surface area contributed by atoms with Gasteiger partial charge in [-0.3, -0.25) is 9.35 Å². The van der Waals surface area contributed by atoms with E-state index in [9.17, 15) is 13.6 Å². The lowest BCUT2D eigenvalue weighted by Crippen LogP contribution is -2.33. The molecule has 0 fully saturated rings. The van der Waals surface area contributed by atoms with Crippen molar-refractivity contribution in [2.45, 2.75) is 53.0 Å². The Hall–Kier alpha value is -2.42. The topological polar surface area (TPSA) is 84.7 Å². The molecule has 1 unspecified atom stereocenters. The zero-order chi connectivity index (χ0) is 24.0. The van der Waals surface area contributed by atoms with E-state index in [1.54, 1.807) is 24.3 Å². The minimum absolute atomic E-state index is 0.230. The standard InChI is InChI=1S/C24H30ClN3O4S/c1-4-6-7-12-28(33(30)31)24(29)18-9-11-22-23(14-18)27(17(3)26-22)16-19-8-10-20(15-21(19)25)32-13-5-2/h8-11,14-15H,4-7,12-13,16H2,1-3H3,(H,30,31). The van der Waals surface area contributed by atoms with Gasteiger partial charge in [-0.15, -0.1) is 0 Å². The Morgan fingerprint density at radius 1 is 1.18 bits per heavy atom. The van der Waals surface area contributed by atoms with Crippen LogP contribution in [0.4, 0.5) is 0 Å². The number of rotatable bonds is 11. The van der Waals surface area contributed by atoms with Gasteiger partial charge < -0.3 is 9.30 Å². The number of hydrogen-bond donors (Lipinski definition) is 1. The van der Waals surface area contributed by atoms with Crippen molar-refractivity contribution in [3.8, 4) is 5.75 Å². The third-order valence-corrected chi connectivity index (χ3v) is 6.47. The van der Waals surface area contributed by atoms with E-state index in [0.717, 1.165) is 51.7 Å². The first-order valence-electron chi connectivity index (χ1n) is 11.2. The zero-order valence-corrected chi connectivity index (χ0v) is 20.8. The number of imidazole rings is 1. The SMILES string of the molecule is CCCCCN(C(=O)c1ccc2nc(C)n(Cc3ccc(OCCC)cc3Cl)c2c1)S(=O)O. The van der Waals surface area contributed by atoms with Gasteiger partial charge in [-0.1, -0.05) is 44.4 Å². The summed E-state index contributed by atoms with van der Waals surface area (Å²) in [6, 6.07) is 10.8. The molecule has 178 valence electrons. The number of nitrogens with zero attached hydrogens (tertiary/aromatic N) is 3. The van der Waals surface area contributed by atoms with Crippen LogP contribution in [0, 0.1) is 6.92 Å². The Morgan fingerprint density at radius 2 is 1.97 bits per heavy atom. The van der Waals surface area contributed by atoms with Gasteiger partial charge >= 0.3 is 0 Å². The van der Waals surface area contributed by atoms with Crippen LogP contribution >= 0.6 is 11.6 Å². The minimum Gasteiger partial charge on any atom is -0.494 e. The molecule has 3 aromatic rings. The maximum absolute atomic E-state index is 13.0. The number of carbonyl (C=O) groups is 1. The molecule has 1 aromatic heterocycles. The largest absolute Gasteiger partial charge is 0.494 e. The van der Waals surface area contributed by atoms with Crippen LogP contribution in [0.2, 0.25) is 5.02 Å². The fraction of sp³-hybridized carbons (Fsp3) is 0.417. The highest BCUT2D eigenvalue weighted by atomic mass is 35.5. The summed E-state index contributed by atoms with van der Waals surface area (Å²) in [6.07, 6.45) is 3.43. The third kappa shape index (κ3) is 6.13.